The fraction of sp³-hybridized carbons (Fsp3) is 0.700. The minimum absolute atomic E-state index is 0.223. The summed E-state index contributed by atoms with van der Waals surface area (Å²) in [6.45, 7) is 7.05. The van der Waals surface area contributed by atoms with Gasteiger partial charge in [-0.2, -0.15) is 0 Å². The summed E-state index contributed by atoms with van der Waals surface area (Å²) in [4.78, 5) is 12.8. The molecule has 0 spiro atoms. The van der Waals surface area contributed by atoms with Gasteiger partial charge in [-0.05, 0) is 41.1 Å². The third-order valence-corrected chi connectivity index (χ3v) is 3.11. The van der Waals surface area contributed by atoms with Gasteiger partial charge < -0.3 is 5.11 Å². The highest BCUT2D eigenvalue weighted by atomic mass is 16.4. The molecule has 0 fully saturated rings. The normalized spacial score (nSPS) is 12.3. The van der Waals surface area contributed by atoms with E-state index < -0.39 is 12.0 Å². The van der Waals surface area contributed by atoms with E-state index in [1.165, 1.54) is 9.47 Å². The molecule has 0 saturated carbocycles. The molecule has 1 unspecified atom stereocenters. The Labute approximate surface area is 120 Å². The Morgan fingerprint density at radius 3 is 2.33 bits per heavy atom. The van der Waals surface area contributed by atoms with Crippen LogP contribution < -0.4 is 5.01 Å². The Balaban J connectivity index is 2.47. The first-order chi connectivity index (χ1) is 10.1. The van der Waals surface area contributed by atoms with Crippen LogP contribution in [0.5, 0.6) is 0 Å². The molecule has 2 heterocycles. The number of hydrogen-bond acceptors (Lipinski definition) is 8. The molecular formula is C10H17N9O2. The average molecular weight is 295 g/mol. The maximum Gasteiger partial charge on any atom is 0.328 e. The number of carbonyl (C=O) groups is 1. The minimum Gasteiger partial charge on any atom is -0.480 e. The van der Waals surface area contributed by atoms with Gasteiger partial charge in [-0.3, -0.25) is 5.01 Å². The monoisotopic (exact) mass is 295 g/mol. The van der Waals surface area contributed by atoms with Gasteiger partial charge in [-0.25, -0.2) is 9.48 Å². The first kappa shape index (κ1) is 14.8. The molecule has 0 amide bonds. The van der Waals surface area contributed by atoms with Gasteiger partial charge in [0.1, 0.15) is 0 Å². The summed E-state index contributed by atoms with van der Waals surface area (Å²) in [5.41, 5.74) is 0. The lowest BCUT2D eigenvalue weighted by molar-refractivity contribution is -0.141. The third-order valence-electron chi connectivity index (χ3n) is 3.11. The van der Waals surface area contributed by atoms with Crippen molar-refractivity contribution in [2.75, 3.05) is 18.1 Å². The number of hydrogen-bond donors (Lipinski definition) is 1. The predicted molar refractivity (Wildman–Crippen MR) is 70.9 cm³/mol. The van der Waals surface area contributed by atoms with Gasteiger partial charge in [0.15, 0.2) is 6.04 Å². The molecule has 11 heteroatoms. The van der Waals surface area contributed by atoms with Gasteiger partial charge in [0, 0.05) is 13.1 Å². The summed E-state index contributed by atoms with van der Waals surface area (Å²) in [7, 11) is 0. The lowest BCUT2D eigenvalue weighted by Crippen LogP contribution is -2.36. The van der Waals surface area contributed by atoms with Crippen molar-refractivity contribution in [1.29, 1.82) is 0 Å². The second kappa shape index (κ2) is 6.24. The Morgan fingerprint density at radius 1 is 1.14 bits per heavy atom. The molecule has 1 atom stereocenters. The zero-order valence-corrected chi connectivity index (χ0v) is 12.1. The molecule has 2 aromatic rings. The SMILES string of the molecule is CCC(C(=O)O)n1nnnc1-c1nnnn1N(CC)CC. The van der Waals surface area contributed by atoms with Gasteiger partial charge in [-0.1, -0.05) is 6.92 Å². The third kappa shape index (κ3) is 2.66. The van der Waals surface area contributed by atoms with Crippen LogP contribution in [-0.2, 0) is 4.79 Å². The van der Waals surface area contributed by atoms with E-state index in [1.54, 1.807) is 6.92 Å². The highest BCUT2D eigenvalue weighted by Crippen LogP contribution is 2.18. The Morgan fingerprint density at radius 2 is 1.76 bits per heavy atom. The highest BCUT2D eigenvalue weighted by Gasteiger charge is 2.27. The summed E-state index contributed by atoms with van der Waals surface area (Å²) < 4.78 is 1.23. The fourth-order valence-corrected chi connectivity index (χ4v) is 2.00. The van der Waals surface area contributed by atoms with Crippen molar-refractivity contribution in [2.24, 2.45) is 0 Å². The zero-order chi connectivity index (χ0) is 15.4. The Kier molecular flexibility index (Phi) is 4.40. The molecule has 0 bridgehead atoms. The number of carboxylic acids is 1. The molecule has 114 valence electrons. The molecular weight excluding hydrogens is 278 g/mol. The Hall–Kier alpha value is -2.59. The largest absolute Gasteiger partial charge is 0.480 e. The van der Waals surface area contributed by atoms with Crippen molar-refractivity contribution in [3.8, 4) is 11.6 Å². The summed E-state index contributed by atoms with van der Waals surface area (Å²) in [6, 6.07) is -0.864. The number of carboxylic acid groups (broad SMARTS) is 1. The van der Waals surface area contributed by atoms with Crippen molar-refractivity contribution < 1.29 is 9.90 Å². The van der Waals surface area contributed by atoms with Crippen LogP contribution in [0.1, 0.15) is 33.2 Å². The zero-order valence-electron chi connectivity index (χ0n) is 12.1. The summed E-state index contributed by atoms with van der Waals surface area (Å²) in [5.74, 6) is -0.475. The maximum absolute atomic E-state index is 11.3. The molecule has 0 aliphatic carbocycles. The number of nitrogens with zero attached hydrogens (tertiary/aromatic N) is 9. The molecule has 0 saturated heterocycles. The number of tetrazole rings is 2. The molecule has 0 aromatic carbocycles. The fourth-order valence-electron chi connectivity index (χ4n) is 2.00. The first-order valence-electron chi connectivity index (χ1n) is 6.68. The molecule has 1 N–H and O–H groups in total. The molecule has 21 heavy (non-hydrogen) atoms. The van der Waals surface area contributed by atoms with Crippen molar-refractivity contribution in [1.82, 2.24) is 40.5 Å². The van der Waals surface area contributed by atoms with E-state index in [0.717, 1.165) is 0 Å². The van der Waals surface area contributed by atoms with E-state index in [4.69, 9.17) is 0 Å². The van der Waals surface area contributed by atoms with Crippen LogP contribution in [-0.4, -0.2) is 64.7 Å². The maximum atomic E-state index is 11.3. The molecule has 0 aliphatic heterocycles. The predicted octanol–water partition coefficient (Wildman–Crippen LogP) is -0.660. The quantitative estimate of drug-likeness (QED) is 0.707. The number of aromatic nitrogens is 8. The number of rotatable bonds is 7. The second-order valence-corrected chi connectivity index (χ2v) is 4.24. The van der Waals surface area contributed by atoms with Crippen LogP contribution in [0.25, 0.3) is 11.6 Å². The lowest BCUT2D eigenvalue weighted by Gasteiger charge is -2.20. The van der Waals surface area contributed by atoms with Crippen LogP contribution in [0, 0.1) is 0 Å². The van der Waals surface area contributed by atoms with Gasteiger partial charge in [0.05, 0.1) is 0 Å². The van der Waals surface area contributed by atoms with Gasteiger partial charge in [0.25, 0.3) is 0 Å². The van der Waals surface area contributed by atoms with Gasteiger partial charge >= 0.3 is 5.97 Å². The summed E-state index contributed by atoms with van der Waals surface area (Å²) in [5, 5.41) is 33.8. The van der Waals surface area contributed by atoms with E-state index in [-0.39, 0.29) is 5.82 Å². The van der Waals surface area contributed by atoms with Gasteiger partial charge in [-0.15, -0.1) is 15.0 Å². The van der Waals surface area contributed by atoms with Crippen molar-refractivity contribution in [3.05, 3.63) is 0 Å². The van der Waals surface area contributed by atoms with E-state index in [9.17, 15) is 9.90 Å². The van der Waals surface area contributed by atoms with E-state index in [0.29, 0.717) is 25.3 Å². The molecule has 0 aliphatic rings. The van der Waals surface area contributed by atoms with Crippen LogP contribution >= 0.6 is 0 Å². The van der Waals surface area contributed by atoms with Crippen LogP contribution in [0.2, 0.25) is 0 Å². The van der Waals surface area contributed by atoms with Crippen LogP contribution in [0.15, 0.2) is 0 Å². The van der Waals surface area contributed by atoms with Crippen molar-refractivity contribution in [3.63, 3.8) is 0 Å². The van der Waals surface area contributed by atoms with E-state index >= 15 is 0 Å². The lowest BCUT2D eigenvalue weighted by atomic mass is 10.2. The van der Waals surface area contributed by atoms with Gasteiger partial charge in [0.2, 0.25) is 11.6 Å². The first-order valence-corrected chi connectivity index (χ1v) is 6.68. The smallest absolute Gasteiger partial charge is 0.328 e. The molecule has 11 nitrogen and oxygen atoms in total. The van der Waals surface area contributed by atoms with Crippen LogP contribution in [0.4, 0.5) is 0 Å². The van der Waals surface area contributed by atoms with Crippen molar-refractivity contribution in [2.45, 2.75) is 33.2 Å². The Bertz CT molecular complexity index is 603. The van der Waals surface area contributed by atoms with E-state index in [2.05, 4.69) is 31.1 Å². The minimum atomic E-state index is -1.01. The standard InChI is InChI=1S/C10H17N9O2/c1-4-7(10(20)21)18-8(11-13-15-18)9-12-14-16-19(9)17(5-2)6-3/h7H,4-6H2,1-3H3,(H,20,21). The van der Waals surface area contributed by atoms with Crippen LogP contribution in [0.3, 0.4) is 0 Å². The summed E-state index contributed by atoms with van der Waals surface area (Å²) >= 11 is 0. The second-order valence-electron chi connectivity index (χ2n) is 4.24. The molecule has 2 rings (SSSR count). The average Bonchev–Trinajstić information content (AvgIpc) is 3.09. The van der Waals surface area contributed by atoms with E-state index in [1.807, 2.05) is 18.9 Å². The number of aliphatic carboxylic acids is 1. The summed E-state index contributed by atoms with van der Waals surface area (Å²) in [6.07, 6.45) is 0.347. The molecule has 2 aromatic heterocycles. The molecule has 0 radical (unpaired) electrons. The van der Waals surface area contributed by atoms with Crippen molar-refractivity contribution >= 4 is 5.97 Å². The highest BCUT2D eigenvalue weighted by molar-refractivity contribution is 5.72. The topological polar surface area (TPSA) is 128 Å².